The van der Waals surface area contributed by atoms with Gasteiger partial charge in [0.25, 0.3) is 0 Å². The Bertz CT molecular complexity index is 1980. The molecule has 0 saturated carbocycles. The molecule has 47 heavy (non-hydrogen) atoms. The number of allylic oxidation sites excluding steroid dienone is 13. The van der Waals surface area contributed by atoms with E-state index in [9.17, 15) is 0 Å². The highest BCUT2D eigenvalue weighted by Gasteiger charge is 2.21. The highest BCUT2D eigenvalue weighted by Crippen LogP contribution is 2.41. The summed E-state index contributed by atoms with van der Waals surface area (Å²) >= 11 is 0. The Balaban J connectivity index is 1.21. The van der Waals surface area contributed by atoms with E-state index in [4.69, 9.17) is 0 Å². The van der Waals surface area contributed by atoms with Gasteiger partial charge in [-0.05, 0) is 112 Å². The van der Waals surface area contributed by atoms with Crippen LogP contribution in [0.2, 0.25) is 0 Å². The molecule has 0 radical (unpaired) electrons. The number of aryl methyl sites for hydroxylation is 2. The van der Waals surface area contributed by atoms with Crippen LogP contribution in [-0.2, 0) is 12.8 Å². The van der Waals surface area contributed by atoms with Crippen LogP contribution in [0.1, 0.15) is 66.5 Å². The van der Waals surface area contributed by atoms with Crippen LogP contribution in [0.4, 0.5) is 0 Å². The molecule has 7 rings (SSSR count). The second-order valence-electron chi connectivity index (χ2n) is 13.2. The lowest BCUT2D eigenvalue weighted by molar-refractivity contribution is 0.697. The van der Waals surface area contributed by atoms with E-state index >= 15 is 0 Å². The average Bonchev–Trinajstić information content (AvgIpc) is 3.09. The highest BCUT2D eigenvalue weighted by molar-refractivity contribution is 5.95. The third-order valence-corrected chi connectivity index (χ3v) is 10.2. The van der Waals surface area contributed by atoms with Gasteiger partial charge in [0.15, 0.2) is 0 Å². The Morgan fingerprint density at radius 2 is 1.23 bits per heavy atom. The molecular weight excluding hydrogens is 565 g/mol. The second-order valence-corrected chi connectivity index (χ2v) is 13.2. The summed E-state index contributed by atoms with van der Waals surface area (Å²) < 4.78 is 0. The van der Waals surface area contributed by atoms with Crippen molar-refractivity contribution in [1.82, 2.24) is 0 Å². The van der Waals surface area contributed by atoms with Crippen molar-refractivity contribution in [3.8, 4) is 11.1 Å². The van der Waals surface area contributed by atoms with E-state index in [2.05, 4.69) is 172 Å². The summed E-state index contributed by atoms with van der Waals surface area (Å²) in [5.41, 5.74) is 16.4. The van der Waals surface area contributed by atoms with Gasteiger partial charge in [-0.3, -0.25) is 0 Å². The SMILES string of the molecule is CC1=C(c2ccccc2CCCc2ccccc2-c2ccccc2C2=Cc3ccccc3C3=CCC2C=CC=C3)C=CC=CCC1C. The summed E-state index contributed by atoms with van der Waals surface area (Å²) in [4.78, 5) is 0. The van der Waals surface area contributed by atoms with Crippen molar-refractivity contribution >= 4 is 22.8 Å². The molecule has 0 aromatic heterocycles. The first-order valence-corrected chi connectivity index (χ1v) is 17.3. The van der Waals surface area contributed by atoms with Gasteiger partial charge in [0, 0.05) is 5.92 Å². The van der Waals surface area contributed by atoms with Gasteiger partial charge >= 0.3 is 0 Å². The highest BCUT2D eigenvalue weighted by atomic mass is 14.3. The van der Waals surface area contributed by atoms with Gasteiger partial charge in [0.05, 0.1) is 0 Å². The molecule has 3 aliphatic rings. The normalized spacial score (nSPS) is 18.8. The molecular formula is C47H44. The number of fused-ring (bicyclic) bond motifs is 4. The molecule has 2 atom stereocenters. The Kier molecular flexibility index (Phi) is 9.29. The minimum atomic E-state index is 0.312. The molecule has 4 aromatic rings. The minimum Gasteiger partial charge on any atom is -0.0840 e. The van der Waals surface area contributed by atoms with E-state index in [0.29, 0.717) is 11.8 Å². The standard InChI is InChI=1S/C47H44/c1-34-17-4-3-5-25-41(35(34)2)43-27-12-8-18-36(43)23-16-24-37-19-9-13-28-44(37)45-29-14-15-30-46(45)47-33-40-22-10-11-26-42(40)38-20-6-7-21-39(47)32-31-38/h3-15,18-22,25-31,33-34,39H,16-17,23-24,32H2,1-2H3. The fourth-order valence-electron chi connectivity index (χ4n) is 7.46. The van der Waals surface area contributed by atoms with Crippen LogP contribution in [0.25, 0.3) is 33.9 Å². The maximum absolute atomic E-state index is 2.45. The van der Waals surface area contributed by atoms with Crippen LogP contribution in [0.3, 0.4) is 0 Å². The minimum absolute atomic E-state index is 0.312. The molecule has 0 spiro atoms. The van der Waals surface area contributed by atoms with E-state index in [1.54, 1.807) is 0 Å². The van der Waals surface area contributed by atoms with Crippen molar-refractivity contribution in [2.75, 3.05) is 0 Å². The van der Waals surface area contributed by atoms with Crippen LogP contribution in [0, 0.1) is 11.8 Å². The molecule has 0 saturated heterocycles. The fraction of sp³-hybridized carbons (Fsp3) is 0.191. The molecule has 0 heterocycles. The molecule has 3 aliphatic carbocycles. The first kappa shape index (κ1) is 30.7. The predicted molar refractivity (Wildman–Crippen MR) is 204 cm³/mol. The molecule has 0 amide bonds. The molecule has 4 aromatic carbocycles. The molecule has 0 heteroatoms. The van der Waals surface area contributed by atoms with Crippen molar-refractivity contribution in [2.45, 2.75) is 46.0 Å². The zero-order chi connectivity index (χ0) is 32.0. The van der Waals surface area contributed by atoms with Crippen molar-refractivity contribution in [1.29, 1.82) is 0 Å². The molecule has 0 nitrogen and oxygen atoms in total. The summed E-state index contributed by atoms with van der Waals surface area (Å²) in [5, 5.41) is 0. The predicted octanol–water partition coefficient (Wildman–Crippen LogP) is 12.5. The van der Waals surface area contributed by atoms with Gasteiger partial charge < -0.3 is 0 Å². The number of hydrogen-bond acceptors (Lipinski definition) is 0. The molecule has 0 fully saturated rings. The smallest absolute Gasteiger partial charge is 0.00623 e. The summed E-state index contributed by atoms with van der Waals surface area (Å²) in [7, 11) is 0. The Morgan fingerprint density at radius 1 is 0.596 bits per heavy atom. The lowest BCUT2D eigenvalue weighted by Gasteiger charge is -2.24. The van der Waals surface area contributed by atoms with Gasteiger partial charge in [-0.25, -0.2) is 0 Å². The van der Waals surface area contributed by atoms with Crippen LogP contribution in [0.5, 0.6) is 0 Å². The lowest BCUT2D eigenvalue weighted by atomic mass is 9.80. The first-order valence-electron chi connectivity index (χ1n) is 17.3. The van der Waals surface area contributed by atoms with Crippen LogP contribution in [0.15, 0.2) is 157 Å². The number of hydrogen-bond donors (Lipinski definition) is 0. The van der Waals surface area contributed by atoms with Gasteiger partial charge in [-0.1, -0.05) is 164 Å². The zero-order valence-electron chi connectivity index (χ0n) is 27.7. The Hall–Kier alpha value is -4.94. The van der Waals surface area contributed by atoms with Crippen molar-refractivity contribution in [3.05, 3.63) is 191 Å². The van der Waals surface area contributed by atoms with E-state index in [0.717, 1.165) is 32.1 Å². The zero-order valence-corrected chi connectivity index (χ0v) is 27.7. The second kappa shape index (κ2) is 14.2. The van der Waals surface area contributed by atoms with Crippen molar-refractivity contribution in [3.63, 3.8) is 0 Å². The monoisotopic (exact) mass is 608 g/mol. The summed E-state index contributed by atoms with van der Waals surface area (Å²) in [6.07, 6.45) is 28.2. The fourth-order valence-corrected chi connectivity index (χ4v) is 7.46. The van der Waals surface area contributed by atoms with Crippen molar-refractivity contribution in [2.24, 2.45) is 11.8 Å². The summed E-state index contributed by atoms with van der Waals surface area (Å²) in [6, 6.07) is 36.0. The van der Waals surface area contributed by atoms with Crippen LogP contribution < -0.4 is 0 Å². The third-order valence-electron chi connectivity index (χ3n) is 10.2. The molecule has 0 aliphatic heterocycles. The third kappa shape index (κ3) is 6.65. The van der Waals surface area contributed by atoms with Gasteiger partial charge in [-0.2, -0.15) is 0 Å². The van der Waals surface area contributed by atoms with E-state index in [1.165, 1.54) is 66.8 Å². The van der Waals surface area contributed by atoms with Gasteiger partial charge in [-0.15, -0.1) is 0 Å². The molecule has 2 unspecified atom stereocenters. The topological polar surface area (TPSA) is 0 Å². The molecule has 2 bridgehead atoms. The van der Waals surface area contributed by atoms with Crippen LogP contribution >= 0.6 is 0 Å². The quantitative estimate of drug-likeness (QED) is 0.196. The van der Waals surface area contributed by atoms with E-state index in [1.807, 2.05) is 0 Å². The van der Waals surface area contributed by atoms with Crippen LogP contribution in [-0.4, -0.2) is 0 Å². The summed E-state index contributed by atoms with van der Waals surface area (Å²) in [6.45, 7) is 4.66. The van der Waals surface area contributed by atoms with E-state index < -0.39 is 0 Å². The first-order chi connectivity index (χ1) is 23.2. The van der Waals surface area contributed by atoms with Gasteiger partial charge in [0.2, 0.25) is 0 Å². The summed E-state index contributed by atoms with van der Waals surface area (Å²) in [5.74, 6) is 0.853. The molecule has 0 N–H and O–H groups in total. The van der Waals surface area contributed by atoms with Gasteiger partial charge in [0.1, 0.15) is 0 Å². The van der Waals surface area contributed by atoms with Crippen molar-refractivity contribution < 1.29 is 0 Å². The number of benzene rings is 4. The maximum Gasteiger partial charge on any atom is 0.00623 e. The Morgan fingerprint density at radius 3 is 2.04 bits per heavy atom. The molecule has 232 valence electrons. The van der Waals surface area contributed by atoms with E-state index in [-0.39, 0.29) is 0 Å². The maximum atomic E-state index is 2.45. The number of rotatable bonds is 7. The largest absolute Gasteiger partial charge is 0.0840 e. The lowest BCUT2D eigenvalue weighted by Crippen LogP contribution is -2.06. The Labute approximate surface area is 281 Å². The average molecular weight is 609 g/mol.